The minimum atomic E-state index is -0.337. The lowest BCUT2D eigenvalue weighted by Gasteiger charge is -2.15. The molecule has 9 heteroatoms. The van der Waals surface area contributed by atoms with Gasteiger partial charge in [-0.05, 0) is 23.8 Å². The molecule has 0 atom stereocenters. The molecule has 2 N–H and O–H groups in total. The highest BCUT2D eigenvalue weighted by Gasteiger charge is 2.17. The average molecular weight is 468 g/mol. The second-order valence-electron chi connectivity index (χ2n) is 7.04. The third-order valence-electron chi connectivity index (χ3n) is 4.98. The molecule has 33 heavy (non-hydrogen) atoms. The molecule has 0 spiro atoms. The van der Waals surface area contributed by atoms with Gasteiger partial charge in [0.2, 0.25) is 5.75 Å². The van der Waals surface area contributed by atoms with Gasteiger partial charge in [0.1, 0.15) is 17.1 Å². The second kappa shape index (κ2) is 9.70. The van der Waals surface area contributed by atoms with E-state index in [1.165, 1.54) is 7.11 Å². The Morgan fingerprint density at radius 3 is 2.33 bits per heavy atom. The summed E-state index contributed by atoms with van der Waals surface area (Å²) in [6.07, 6.45) is 1.54. The van der Waals surface area contributed by atoms with Crippen molar-refractivity contribution in [2.45, 2.75) is 6.54 Å². The van der Waals surface area contributed by atoms with Gasteiger partial charge in [-0.25, -0.2) is 4.98 Å². The number of aromatic nitrogens is 1. The Balaban J connectivity index is 1.63. The van der Waals surface area contributed by atoms with E-state index >= 15 is 0 Å². The van der Waals surface area contributed by atoms with Gasteiger partial charge in [-0.2, -0.15) is 0 Å². The SMILES string of the molecule is COc1cc(Nc2nc(C(=O)NCc3ccc(Cl)cc3)cc3occc23)cc(OC)c1OC. The maximum absolute atomic E-state index is 12.8. The van der Waals surface area contributed by atoms with Crippen LogP contribution in [0.25, 0.3) is 11.0 Å². The summed E-state index contributed by atoms with van der Waals surface area (Å²) < 4.78 is 21.8. The van der Waals surface area contributed by atoms with Crippen molar-refractivity contribution in [2.24, 2.45) is 0 Å². The summed E-state index contributed by atoms with van der Waals surface area (Å²) in [5.41, 5.74) is 2.29. The molecule has 2 aromatic heterocycles. The topological polar surface area (TPSA) is 94.9 Å². The highest BCUT2D eigenvalue weighted by atomic mass is 35.5. The van der Waals surface area contributed by atoms with Gasteiger partial charge in [0, 0.05) is 35.5 Å². The molecule has 0 aliphatic heterocycles. The molecular weight excluding hydrogens is 446 g/mol. The normalized spacial score (nSPS) is 10.7. The minimum absolute atomic E-state index is 0.210. The Labute approximate surface area is 195 Å². The van der Waals surface area contributed by atoms with E-state index in [1.54, 1.807) is 56.9 Å². The summed E-state index contributed by atoms with van der Waals surface area (Å²) in [6, 6.07) is 14.1. The summed E-state index contributed by atoms with van der Waals surface area (Å²) >= 11 is 5.92. The number of carbonyl (C=O) groups is 1. The second-order valence-corrected chi connectivity index (χ2v) is 7.47. The molecule has 0 saturated heterocycles. The van der Waals surface area contributed by atoms with E-state index in [4.69, 9.17) is 30.2 Å². The monoisotopic (exact) mass is 467 g/mol. The highest BCUT2D eigenvalue weighted by molar-refractivity contribution is 6.30. The number of hydrogen-bond acceptors (Lipinski definition) is 7. The molecule has 0 saturated carbocycles. The first-order valence-electron chi connectivity index (χ1n) is 10.00. The first-order valence-corrected chi connectivity index (χ1v) is 10.4. The quantitative estimate of drug-likeness (QED) is 0.368. The predicted molar refractivity (Wildman–Crippen MR) is 126 cm³/mol. The van der Waals surface area contributed by atoms with Crippen LogP contribution in [0.2, 0.25) is 5.02 Å². The van der Waals surface area contributed by atoms with Crippen molar-refractivity contribution in [2.75, 3.05) is 26.6 Å². The number of carbonyl (C=O) groups excluding carboxylic acids is 1. The number of methoxy groups -OCH3 is 3. The van der Waals surface area contributed by atoms with Crippen molar-refractivity contribution in [3.05, 3.63) is 71.1 Å². The summed E-state index contributed by atoms with van der Waals surface area (Å²) in [6.45, 7) is 0.337. The van der Waals surface area contributed by atoms with Gasteiger partial charge < -0.3 is 29.3 Å². The maximum atomic E-state index is 12.8. The lowest BCUT2D eigenvalue weighted by atomic mass is 10.2. The largest absolute Gasteiger partial charge is 0.493 e. The van der Waals surface area contributed by atoms with Gasteiger partial charge in [0.15, 0.2) is 11.5 Å². The van der Waals surface area contributed by atoms with Crippen LogP contribution in [0, 0.1) is 0 Å². The molecule has 0 bridgehead atoms. The number of furan rings is 1. The molecule has 0 aliphatic carbocycles. The van der Waals surface area contributed by atoms with E-state index in [0.717, 1.165) is 10.9 Å². The zero-order valence-electron chi connectivity index (χ0n) is 18.3. The zero-order valence-corrected chi connectivity index (χ0v) is 19.0. The van der Waals surface area contributed by atoms with Crippen molar-refractivity contribution in [3.63, 3.8) is 0 Å². The van der Waals surface area contributed by atoms with Gasteiger partial charge >= 0.3 is 0 Å². The number of anilines is 2. The van der Waals surface area contributed by atoms with Gasteiger partial charge in [-0.1, -0.05) is 23.7 Å². The van der Waals surface area contributed by atoms with Crippen LogP contribution in [0.5, 0.6) is 17.2 Å². The molecule has 0 radical (unpaired) electrons. The van der Waals surface area contributed by atoms with Gasteiger partial charge in [0.05, 0.1) is 33.0 Å². The van der Waals surface area contributed by atoms with Crippen molar-refractivity contribution in [1.29, 1.82) is 0 Å². The standard InChI is InChI=1S/C24H22ClN3O5/c1-30-20-10-16(11-21(31-2)22(20)32-3)27-23-17-8-9-33-19(17)12-18(28-23)24(29)26-13-14-4-6-15(25)7-5-14/h4-12H,13H2,1-3H3,(H,26,29)(H,27,28). The van der Waals surface area contributed by atoms with Crippen molar-refractivity contribution in [1.82, 2.24) is 10.3 Å². The Morgan fingerprint density at radius 1 is 1.00 bits per heavy atom. The number of fused-ring (bicyclic) bond motifs is 1. The number of nitrogens with one attached hydrogen (secondary N) is 2. The minimum Gasteiger partial charge on any atom is -0.493 e. The fourth-order valence-electron chi connectivity index (χ4n) is 3.34. The number of pyridine rings is 1. The molecule has 1 amide bonds. The third-order valence-corrected chi connectivity index (χ3v) is 5.23. The van der Waals surface area contributed by atoms with Crippen LogP contribution in [0.3, 0.4) is 0 Å². The number of halogens is 1. The molecule has 0 unspecified atom stereocenters. The summed E-state index contributed by atoms with van der Waals surface area (Å²) in [5.74, 6) is 1.56. The van der Waals surface area contributed by atoms with Gasteiger partial charge in [-0.15, -0.1) is 0 Å². The maximum Gasteiger partial charge on any atom is 0.270 e. The van der Waals surface area contributed by atoms with Crippen LogP contribution >= 0.6 is 11.6 Å². The molecule has 4 rings (SSSR count). The van der Waals surface area contributed by atoms with Crippen LogP contribution in [0.4, 0.5) is 11.5 Å². The molecule has 4 aromatic rings. The predicted octanol–water partition coefficient (Wildman–Crippen LogP) is 5.18. The van der Waals surface area contributed by atoms with E-state index < -0.39 is 0 Å². The molecule has 170 valence electrons. The third kappa shape index (κ3) is 4.80. The van der Waals surface area contributed by atoms with E-state index in [-0.39, 0.29) is 11.6 Å². The number of rotatable bonds is 8. The highest BCUT2D eigenvalue weighted by Crippen LogP contribution is 2.41. The van der Waals surface area contributed by atoms with Crippen molar-refractivity contribution in [3.8, 4) is 17.2 Å². The first-order chi connectivity index (χ1) is 16.0. The number of ether oxygens (including phenoxy) is 3. The molecule has 2 aromatic carbocycles. The Morgan fingerprint density at radius 2 is 1.70 bits per heavy atom. The smallest absolute Gasteiger partial charge is 0.270 e. The van der Waals surface area contributed by atoms with Crippen LogP contribution in [0.15, 0.2) is 59.2 Å². The lowest BCUT2D eigenvalue weighted by Crippen LogP contribution is -2.24. The van der Waals surface area contributed by atoms with Gasteiger partial charge in [0.25, 0.3) is 5.91 Å². The van der Waals surface area contributed by atoms with Crippen LogP contribution in [0.1, 0.15) is 16.1 Å². The number of nitrogens with zero attached hydrogens (tertiary/aromatic N) is 1. The Bertz CT molecular complexity index is 1260. The van der Waals surface area contributed by atoms with Crippen LogP contribution in [-0.2, 0) is 6.54 Å². The van der Waals surface area contributed by atoms with E-state index in [1.807, 2.05) is 12.1 Å². The van der Waals surface area contributed by atoms with Crippen LogP contribution < -0.4 is 24.8 Å². The molecule has 2 heterocycles. The summed E-state index contributed by atoms with van der Waals surface area (Å²) in [5, 5.41) is 7.45. The number of benzene rings is 2. The van der Waals surface area contributed by atoms with Crippen molar-refractivity contribution >= 4 is 40.0 Å². The zero-order chi connectivity index (χ0) is 23.4. The summed E-state index contributed by atoms with van der Waals surface area (Å²) in [7, 11) is 4.62. The van der Waals surface area contributed by atoms with Crippen LogP contribution in [-0.4, -0.2) is 32.2 Å². The molecular formula is C24H22ClN3O5. The molecule has 0 aliphatic rings. The molecule has 0 fully saturated rings. The fourth-order valence-corrected chi connectivity index (χ4v) is 3.47. The Hall–Kier alpha value is -3.91. The fraction of sp³-hybridized carbons (Fsp3) is 0.167. The lowest BCUT2D eigenvalue weighted by molar-refractivity contribution is 0.0946. The van der Waals surface area contributed by atoms with E-state index in [2.05, 4.69) is 15.6 Å². The number of hydrogen-bond donors (Lipinski definition) is 2. The number of amides is 1. The summed E-state index contributed by atoms with van der Waals surface area (Å²) in [4.78, 5) is 17.3. The average Bonchev–Trinajstić information content (AvgIpc) is 3.32. The molecule has 8 nitrogen and oxygen atoms in total. The van der Waals surface area contributed by atoms with E-state index in [0.29, 0.717) is 45.9 Å². The first kappa shape index (κ1) is 22.3. The Kier molecular flexibility index (Phi) is 6.55. The van der Waals surface area contributed by atoms with E-state index in [9.17, 15) is 4.79 Å². The van der Waals surface area contributed by atoms with Gasteiger partial charge in [-0.3, -0.25) is 4.79 Å². The van der Waals surface area contributed by atoms with Crippen molar-refractivity contribution < 1.29 is 23.4 Å².